The van der Waals surface area contributed by atoms with Crippen LogP contribution in [0.4, 0.5) is 0 Å². The number of aryl methyl sites for hydroxylation is 2. The normalized spacial score (nSPS) is 16.3. The summed E-state index contributed by atoms with van der Waals surface area (Å²) in [4.78, 5) is 4.64. The van der Waals surface area contributed by atoms with Gasteiger partial charge >= 0.3 is 0 Å². The molecule has 0 aromatic carbocycles. The Kier molecular flexibility index (Phi) is 2.14. The standard InChI is InChI=1S/C11H18N2/c1-8(2)13-9(3)12-10-6-4-5-7-11(10)13/h8H,4-7H2,1-3H3. The lowest BCUT2D eigenvalue weighted by molar-refractivity contribution is 0.538. The van der Waals surface area contributed by atoms with E-state index in [1.807, 2.05) is 0 Å². The predicted octanol–water partition coefficient (Wildman–Crippen LogP) is 2.65. The lowest BCUT2D eigenvalue weighted by Crippen LogP contribution is -2.11. The molecule has 1 aromatic rings. The smallest absolute Gasteiger partial charge is 0.106 e. The number of rotatable bonds is 1. The van der Waals surface area contributed by atoms with E-state index in [9.17, 15) is 0 Å². The molecule has 0 N–H and O–H groups in total. The average Bonchev–Trinajstić information content (AvgIpc) is 2.39. The second-order valence-corrected chi connectivity index (χ2v) is 4.22. The van der Waals surface area contributed by atoms with Crippen LogP contribution in [0, 0.1) is 6.92 Å². The van der Waals surface area contributed by atoms with E-state index in [0.717, 1.165) is 0 Å². The minimum atomic E-state index is 0.564. The maximum Gasteiger partial charge on any atom is 0.106 e. The Morgan fingerprint density at radius 2 is 1.92 bits per heavy atom. The van der Waals surface area contributed by atoms with Gasteiger partial charge in [0.15, 0.2) is 0 Å². The van der Waals surface area contributed by atoms with Crippen molar-refractivity contribution in [1.29, 1.82) is 0 Å². The molecule has 0 saturated heterocycles. The van der Waals surface area contributed by atoms with Gasteiger partial charge in [0.1, 0.15) is 5.82 Å². The van der Waals surface area contributed by atoms with Gasteiger partial charge in [0.05, 0.1) is 5.69 Å². The fourth-order valence-electron chi connectivity index (χ4n) is 2.38. The summed E-state index contributed by atoms with van der Waals surface area (Å²) >= 11 is 0. The highest BCUT2D eigenvalue weighted by molar-refractivity contribution is 5.20. The molecule has 13 heavy (non-hydrogen) atoms. The van der Waals surface area contributed by atoms with Crippen LogP contribution in [0.5, 0.6) is 0 Å². The lowest BCUT2D eigenvalue weighted by Gasteiger charge is -2.17. The van der Waals surface area contributed by atoms with Gasteiger partial charge in [-0.1, -0.05) is 0 Å². The van der Waals surface area contributed by atoms with Crippen molar-refractivity contribution in [2.24, 2.45) is 0 Å². The van der Waals surface area contributed by atoms with Gasteiger partial charge < -0.3 is 4.57 Å². The number of fused-ring (bicyclic) bond motifs is 1. The van der Waals surface area contributed by atoms with Crippen LogP contribution in [0.25, 0.3) is 0 Å². The molecule has 0 amide bonds. The van der Waals surface area contributed by atoms with Crippen molar-refractivity contribution >= 4 is 0 Å². The van der Waals surface area contributed by atoms with Crippen LogP contribution in [0.1, 0.15) is 49.9 Å². The van der Waals surface area contributed by atoms with Crippen molar-refractivity contribution in [3.63, 3.8) is 0 Å². The van der Waals surface area contributed by atoms with Gasteiger partial charge in [-0.15, -0.1) is 0 Å². The Morgan fingerprint density at radius 1 is 1.23 bits per heavy atom. The van der Waals surface area contributed by atoms with Gasteiger partial charge in [0, 0.05) is 11.7 Å². The van der Waals surface area contributed by atoms with E-state index in [-0.39, 0.29) is 0 Å². The van der Waals surface area contributed by atoms with Crippen LogP contribution in [0.2, 0.25) is 0 Å². The first-order valence-electron chi connectivity index (χ1n) is 5.26. The minimum absolute atomic E-state index is 0.564. The fourth-order valence-corrected chi connectivity index (χ4v) is 2.38. The first-order valence-corrected chi connectivity index (χ1v) is 5.26. The van der Waals surface area contributed by atoms with Gasteiger partial charge in [0.2, 0.25) is 0 Å². The largest absolute Gasteiger partial charge is 0.329 e. The Labute approximate surface area is 80.0 Å². The zero-order valence-electron chi connectivity index (χ0n) is 8.80. The van der Waals surface area contributed by atoms with E-state index in [1.54, 1.807) is 0 Å². The van der Waals surface area contributed by atoms with Crippen LogP contribution in [0.3, 0.4) is 0 Å². The third-order valence-electron chi connectivity index (χ3n) is 2.86. The van der Waals surface area contributed by atoms with E-state index < -0.39 is 0 Å². The summed E-state index contributed by atoms with van der Waals surface area (Å²) in [5.74, 6) is 1.20. The Morgan fingerprint density at radius 3 is 2.62 bits per heavy atom. The Balaban J connectivity index is 2.48. The molecular formula is C11H18N2. The lowest BCUT2D eigenvalue weighted by atomic mass is 10.0. The molecule has 2 rings (SSSR count). The third-order valence-corrected chi connectivity index (χ3v) is 2.86. The molecule has 0 aliphatic heterocycles. The predicted molar refractivity (Wildman–Crippen MR) is 54.0 cm³/mol. The van der Waals surface area contributed by atoms with Crippen molar-refractivity contribution in [1.82, 2.24) is 9.55 Å². The highest BCUT2D eigenvalue weighted by Crippen LogP contribution is 2.24. The van der Waals surface area contributed by atoms with Crippen molar-refractivity contribution in [3.05, 3.63) is 17.2 Å². The van der Waals surface area contributed by atoms with Gasteiger partial charge in [-0.25, -0.2) is 4.98 Å². The first-order chi connectivity index (χ1) is 6.20. The van der Waals surface area contributed by atoms with Crippen LogP contribution >= 0.6 is 0 Å². The molecule has 0 unspecified atom stereocenters. The van der Waals surface area contributed by atoms with Gasteiger partial charge in [-0.05, 0) is 46.5 Å². The Bertz CT molecular complexity index is 310. The summed E-state index contributed by atoms with van der Waals surface area (Å²) in [6.07, 6.45) is 5.08. The topological polar surface area (TPSA) is 17.8 Å². The summed E-state index contributed by atoms with van der Waals surface area (Å²) < 4.78 is 2.40. The molecule has 2 nitrogen and oxygen atoms in total. The van der Waals surface area contributed by atoms with Crippen molar-refractivity contribution < 1.29 is 0 Å². The SMILES string of the molecule is Cc1nc2c(n1C(C)C)CCCC2. The molecule has 1 aliphatic carbocycles. The van der Waals surface area contributed by atoms with E-state index in [2.05, 4.69) is 30.3 Å². The van der Waals surface area contributed by atoms with Gasteiger partial charge in [-0.2, -0.15) is 0 Å². The number of aromatic nitrogens is 2. The van der Waals surface area contributed by atoms with E-state index >= 15 is 0 Å². The summed E-state index contributed by atoms with van der Waals surface area (Å²) in [6, 6.07) is 0.564. The third kappa shape index (κ3) is 1.38. The molecule has 0 fully saturated rings. The number of nitrogens with zero attached hydrogens (tertiary/aromatic N) is 2. The second kappa shape index (κ2) is 3.17. The number of hydrogen-bond acceptors (Lipinski definition) is 1. The maximum absolute atomic E-state index is 4.64. The quantitative estimate of drug-likeness (QED) is 0.646. The van der Waals surface area contributed by atoms with E-state index in [1.165, 1.54) is 42.9 Å². The van der Waals surface area contributed by atoms with Gasteiger partial charge in [-0.3, -0.25) is 0 Å². The van der Waals surface area contributed by atoms with Crippen molar-refractivity contribution in [2.75, 3.05) is 0 Å². The highest BCUT2D eigenvalue weighted by Gasteiger charge is 2.18. The van der Waals surface area contributed by atoms with Crippen LogP contribution in [-0.2, 0) is 12.8 Å². The van der Waals surface area contributed by atoms with Crippen molar-refractivity contribution in [2.45, 2.75) is 52.5 Å². The molecule has 1 heterocycles. The molecule has 0 bridgehead atoms. The van der Waals surface area contributed by atoms with Crippen molar-refractivity contribution in [3.8, 4) is 0 Å². The molecule has 0 atom stereocenters. The zero-order valence-corrected chi connectivity index (χ0v) is 8.80. The summed E-state index contributed by atoms with van der Waals surface area (Å²) in [7, 11) is 0. The second-order valence-electron chi connectivity index (χ2n) is 4.22. The first kappa shape index (κ1) is 8.79. The molecule has 1 aromatic heterocycles. The summed E-state index contributed by atoms with van der Waals surface area (Å²) in [5.41, 5.74) is 2.86. The molecular weight excluding hydrogens is 160 g/mol. The van der Waals surface area contributed by atoms with E-state index in [0.29, 0.717) is 6.04 Å². The molecule has 2 heteroatoms. The molecule has 0 radical (unpaired) electrons. The van der Waals surface area contributed by atoms with Gasteiger partial charge in [0.25, 0.3) is 0 Å². The maximum atomic E-state index is 4.64. The summed E-state index contributed by atoms with van der Waals surface area (Å²) in [5, 5.41) is 0. The minimum Gasteiger partial charge on any atom is -0.329 e. The zero-order chi connectivity index (χ0) is 9.42. The molecule has 1 aliphatic rings. The van der Waals surface area contributed by atoms with E-state index in [4.69, 9.17) is 0 Å². The number of hydrogen-bond donors (Lipinski definition) is 0. The monoisotopic (exact) mass is 178 g/mol. The Hall–Kier alpha value is -0.790. The molecule has 0 saturated carbocycles. The number of imidazole rings is 1. The average molecular weight is 178 g/mol. The summed E-state index contributed by atoms with van der Waals surface area (Å²) in [6.45, 7) is 6.60. The van der Waals surface area contributed by atoms with Crippen LogP contribution in [-0.4, -0.2) is 9.55 Å². The van der Waals surface area contributed by atoms with Crippen LogP contribution in [0.15, 0.2) is 0 Å². The molecule has 0 spiro atoms. The van der Waals surface area contributed by atoms with Crippen LogP contribution < -0.4 is 0 Å². The fraction of sp³-hybridized carbons (Fsp3) is 0.727. The molecule has 72 valence electrons. The highest BCUT2D eigenvalue weighted by atomic mass is 15.1.